The zero-order chi connectivity index (χ0) is 25.1. The molecule has 0 spiro atoms. The molecule has 8 nitrogen and oxygen atoms in total. The number of hydrogen-bond donors (Lipinski definition) is 3. The Bertz CT molecular complexity index is 1230. The number of carbonyl (C=O) groups is 1. The first-order valence-corrected chi connectivity index (χ1v) is 12.5. The maximum atomic E-state index is 12.3. The summed E-state index contributed by atoms with van der Waals surface area (Å²) in [5.74, 6) is 0.994. The predicted octanol–water partition coefficient (Wildman–Crippen LogP) is 4.48. The monoisotopic (exact) mass is 485 g/mol. The number of carbonyl (C=O) groups excluding carboxylic acids is 1. The minimum Gasteiger partial charge on any atom is -0.490 e. The molecule has 8 heteroatoms. The summed E-state index contributed by atoms with van der Waals surface area (Å²) in [6.07, 6.45) is 5.31. The standard InChI is InChI=1S/C28H31N5O3/c29-17-16-28(33-18-24(25(30)34)26(32-33)31-27(35)21-6-7-21)14-12-23(13-15-28)36-22-10-8-20(9-11-22)19-4-2-1-3-5-19/h1-5,8-11,18,21,23,25,34H,6-7,12-16,30H2,(H,31,32,35). The van der Waals surface area contributed by atoms with Crippen LogP contribution >= 0.6 is 0 Å². The first-order chi connectivity index (χ1) is 17.5. The van der Waals surface area contributed by atoms with Crippen LogP contribution in [0.1, 0.15) is 56.7 Å². The van der Waals surface area contributed by atoms with Crippen LogP contribution in [0.4, 0.5) is 5.82 Å². The molecule has 2 saturated carbocycles. The number of ether oxygens (including phenoxy) is 1. The number of aliphatic hydroxyl groups excluding tert-OH is 1. The van der Waals surface area contributed by atoms with Crippen molar-refractivity contribution in [2.24, 2.45) is 11.7 Å². The van der Waals surface area contributed by atoms with E-state index in [0.717, 1.165) is 42.6 Å². The van der Waals surface area contributed by atoms with E-state index < -0.39 is 11.8 Å². The van der Waals surface area contributed by atoms with E-state index in [2.05, 4.69) is 40.8 Å². The fourth-order valence-electron chi connectivity index (χ4n) is 4.94. The van der Waals surface area contributed by atoms with Gasteiger partial charge in [-0.25, -0.2) is 0 Å². The number of amides is 1. The molecule has 1 aromatic heterocycles. The Kier molecular flexibility index (Phi) is 6.77. The molecule has 0 bridgehead atoms. The number of nitrogens with zero attached hydrogens (tertiary/aromatic N) is 3. The molecule has 1 atom stereocenters. The molecule has 1 amide bonds. The molecule has 1 heterocycles. The number of nitrogens with one attached hydrogen (secondary N) is 1. The molecular weight excluding hydrogens is 454 g/mol. The van der Waals surface area contributed by atoms with E-state index in [9.17, 15) is 15.2 Å². The van der Waals surface area contributed by atoms with Gasteiger partial charge in [0.05, 0.1) is 29.7 Å². The van der Waals surface area contributed by atoms with Crippen molar-refractivity contribution in [3.8, 4) is 22.9 Å². The second-order valence-electron chi connectivity index (χ2n) is 9.85. The number of hydrogen-bond acceptors (Lipinski definition) is 6. The van der Waals surface area contributed by atoms with Crippen molar-refractivity contribution in [1.29, 1.82) is 5.26 Å². The lowest BCUT2D eigenvalue weighted by molar-refractivity contribution is -0.117. The highest BCUT2D eigenvalue weighted by molar-refractivity contribution is 5.93. The Balaban J connectivity index is 1.27. The molecule has 2 aliphatic rings. The normalized spacial score (nSPS) is 22.4. The number of benzene rings is 2. The van der Waals surface area contributed by atoms with E-state index in [1.165, 1.54) is 0 Å². The summed E-state index contributed by atoms with van der Waals surface area (Å²) in [5, 5.41) is 27.1. The Morgan fingerprint density at radius 1 is 1.14 bits per heavy atom. The van der Waals surface area contributed by atoms with Gasteiger partial charge >= 0.3 is 0 Å². The fraction of sp³-hybridized carbons (Fsp3) is 0.393. The van der Waals surface area contributed by atoms with Crippen LogP contribution in [0.5, 0.6) is 5.75 Å². The highest BCUT2D eigenvalue weighted by atomic mass is 16.5. The number of aliphatic hydroxyl groups is 1. The van der Waals surface area contributed by atoms with Gasteiger partial charge in [0.25, 0.3) is 0 Å². The smallest absolute Gasteiger partial charge is 0.228 e. The van der Waals surface area contributed by atoms with Crippen LogP contribution in [0.25, 0.3) is 11.1 Å². The third kappa shape index (κ3) is 5.13. The summed E-state index contributed by atoms with van der Waals surface area (Å²) in [4.78, 5) is 12.3. The topological polar surface area (TPSA) is 126 Å². The Morgan fingerprint density at radius 2 is 1.81 bits per heavy atom. The third-order valence-corrected chi connectivity index (χ3v) is 7.27. The first kappa shape index (κ1) is 24.0. The van der Waals surface area contributed by atoms with Crippen molar-refractivity contribution in [3.05, 3.63) is 66.4 Å². The minimum absolute atomic E-state index is 0.000308. The van der Waals surface area contributed by atoms with Crippen molar-refractivity contribution in [1.82, 2.24) is 9.78 Å². The second-order valence-corrected chi connectivity index (χ2v) is 9.85. The molecule has 4 N–H and O–H groups in total. The summed E-state index contributed by atoms with van der Waals surface area (Å²) >= 11 is 0. The van der Waals surface area contributed by atoms with Gasteiger partial charge in [0.2, 0.25) is 5.91 Å². The number of rotatable bonds is 8. The minimum atomic E-state index is -1.27. The van der Waals surface area contributed by atoms with Crippen molar-refractivity contribution in [2.45, 2.75) is 62.8 Å². The van der Waals surface area contributed by atoms with Gasteiger partial charge in [-0.1, -0.05) is 42.5 Å². The summed E-state index contributed by atoms with van der Waals surface area (Å²) in [5.41, 5.74) is 7.88. The zero-order valence-corrected chi connectivity index (χ0v) is 20.1. The van der Waals surface area contributed by atoms with Gasteiger partial charge in [-0.05, 0) is 61.8 Å². The maximum Gasteiger partial charge on any atom is 0.228 e. The van der Waals surface area contributed by atoms with Crippen LogP contribution in [0, 0.1) is 17.2 Å². The molecule has 186 valence electrons. The van der Waals surface area contributed by atoms with Gasteiger partial charge in [0.1, 0.15) is 12.0 Å². The summed E-state index contributed by atoms with van der Waals surface area (Å²) < 4.78 is 8.01. The number of aromatic nitrogens is 2. The van der Waals surface area contributed by atoms with Crippen LogP contribution in [-0.4, -0.2) is 26.9 Å². The SMILES string of the molecule is N#CCC1(n2cc(C(N)O)c(NC(=O)C3CC3)n2)CCC(Oc2ccc(-c3ccccc3)cc2)CC1. The molecule has 5 rings (SSSR count). The van der Waals surface area contributed by atoms with Crippen LogP contribution in [0.15, 0.2) is 60.8 Å². The Hall–Kier alpha value is -3.67. The molecule has 2 fully saturated rings. The molecular formula is C28H31N5O3. The van der Waals surface area contributed by atoms with Crippen LogP contribution < -0.4 is 15.8 Å². The van der Waals surface area contributed by atoms with Crippen molar-refractivity contribution in [2.75, 3.05) is 5.32 Å². The maximum absolute atomic E-state index is 12.3. The van der Waals surface area contributed by atoms with E-state index in [1.54, 1.807) is 10.9 Å². The van der Waals surface area contributed by atoms with Gasteiger partial charge in [-0.3, -0.25) is 9.48 Å². The molecule has 0 saturated heterocycles. The largest absolute Gasteiger partial charge is 0.490 e. The quantitative estimate of drug-likeness (QED) is 0.404. The van der Waals surface area contributed by atoms with E-state index in [4.69, 9.17) is 10.5 Å². The average Bonchev–Trinajstić information content (AvgIpc) is 3.66. The predicted molar refractivity (Wildman–Crippen MR) is 136 cm³/mol. The molecule has 0 aliphatic heterocycles. The van der Waals surface area contributed by atoms with E-state index in [0.29, 0.717) is 18.4 Å². The fourth-order valence-corrected chi connectivity index (χ4v) is 4.94. The van der Waals surface area contributed by atoms with Crippen LogP contribution in [0.2, 0.25) is 0 Å². The summed E-state index contributed by atoms with van der Waals surface area (Å²) in [6, 6.07) is 20.6. The molecule has 2 aromatic carbocycles. The van der Waals surface area contributed by atoms with Gasteiger partial charge in [0, 0.05) is 12.1 Å². The molecule has 0 radical (unpaired) electrons. The van der Waals surface area contributed by atoms with Gasteiger partial charge in [-0.15, -0.1) is 0 Å². The lowest BCUT2D eigenvalue weighted by atomic mass is 9.78. The summed E-state index contributed by atoms with van der Waals surface area (Å²) in [6.45, 7) is 0. The highest BCUT2D eigenvalue weighted by Gasteiger charge is 2.40. The first-order valence-electron chi connectivity index (χ1n) is 12.5. The van der Waals surface area contributed by atoms with Crippen LogP contribution in [0.3, 0.4) is 0 Å². The Morgan fingerprint density at radius 3 is 2.42 bits per heavy atom. The van der Waals surface area contributed by atoms with Gasteiger partial charge in [-0.2, -0.15) is 10.4 Å². The Labute approximate surface area is 210 Å². The van der Waals surface area contributed by atoms with Crippen molar-refractivity contribution < 1.29 is 14.6 Å². The molecule has 2 aliphatic carbocycles. The molecule has 1 unspecified atom stereocenters. The molecule has 3 aromatic rings. The number of anilines is 1. The zero-order valence-electron chi connectivity index (χ0n) is 20.1. The van der Waals surface area contributed by atoms with Gasteiger partial charge in [0.15, 0.2) is 5.82 Å². The number of nitrogens with two attached hydrogens (primary N) is 1. The highest BCUT2D eigenvalue weighted by Crippen LogP contribution is 2.40. The van der Waals surface area contributed by atoms with Crippen molar-refractivity contribution >= 4 is 11.7 Å². The van der Waals surface area contributed by atoms with E-state index in [1.807, 2.05) is 30.3 Å². The average molecular weight is 486 g/mol. The summed E-state index contributed by atoms with van der Waals surface area (Å²) in [7, 11) is 0. The third-order valence-electron chi connectivity index (χ3n) is 7.27. The lowest BCUT2D eigenvalue weighted by Gasteiger charge is -2.39. The number of nitriles is 1. The van der Waals surface area contributed by atoms with Crippen LogP contribution in [-0.2, 0) is 10.3 Å². The van der Waals surface area contributed by atoms with Gasteiger partial charge < -0.3 is 20.9 Å². The lowest BCUT2D eigenvalue weighted by Crippen LogP contribution is -2.40. The second kappa shape index (κ2) is 10.1. The molecule has 36 heavy (non-hydrogen) atoms. The van der Waals surface area contributed by atoms with Crippen molar-refractivity contribution in [3.63, 3.8) is 0 Å². The van der Waals surface area contributed by atoms with E-state index >= 15 is 0 Å². The van der Waals surface area contributed by atoms with E-state index in [-0.39, 0.29) is 30.2 Å².